The molecule has 0 spiro atoms. The molecule has 0 aliphatic carbocycles. The third-order valence-electron chi connectivity index (χ3n) is 4.31. The van der Waals surface area contributed by atoms with Gasteiger partial charge in [0.2, 0.25) is 0 Å². The van der Waals surface area contributed by atoms with Gasteiger partial charge < -0.3 is 19.7 Å². The molecule has 2 aliphatic heterocycles. The van der Waals surface area contributed by atoms with Crippen LogP contribution in [0, 0.1) is 5.92 Å². The summed E-state index contributed by atoms with van der Waals surface area (Å²) in [5, 5.41) is 18.8. The summed E-state index contributed by atoms with van der Waals surface area (Å²) in [5.41, 5.74) is 0.991. The van der Waals surface area contributed by atoms with Crippen molar-refractivity contribution < 1.29 is 24.5 Å². The third kappa shape index (κ3) is 2.45. The van der Waals surface area contributed by atoms with E-state index in [0.717, 1.165) is 5.56 Å². The first kappa shape index (κ1) is 14.2. The van der Waals surface area contributed by atoms with Crippen LogP contribution in [0.3, 0.4) is 0 Å². The molecule has 2 heterocycles. The molecule has 0 saturated carbocycles. The van der Waals surface area contributed by atoms with Crippen molar-refractivity contribution in [2.75, 3.05) is 26.4 Å². The largest absolute Gasteiger partial charge is 0.508 e. The molecule has 0 amide bonds. The summed E-state index contributed by atoms with van der Waals surface area (Å²) in [6.45, 7) is 3.87. The number of phenols is 1. The van der Waals surface area contributed by atoms with Crippen molar-refractivity contribution in [3.63, 3.8) is 0 Å². The lowest BCUT2D eigenvalue weighted by atomic mass is 9.98. The molecule has 0 bridgehead atoms. The number of rotatable bonds is 4. The van der Waals surface area contributed by atoms with Crippen LogP contribution >= 0.6 is 0 Å². The Balaban J connectivity index is 1.87. The van der Waals surface area contributed by atoms with E-state index in [1.54, 1.807) is 12.1 Å². The second-order valence-corrected chi connectivity index (χ2v) is 5.43. The molecule has 1 fully saturated rings. The van der Waals surface area contributed by atoms with Crippen LogP contribution < -0.4 is 4.74 Å². The lowest BCUT2D eigenvalue weighted by Crippen LogP contribution is -2.45. The van der Waals surface area contributed by atoms with Gasteiger partial charge in [-0.25, -0.2) is 0 Å². The Kier molecular flexibility index (Phi) is 3.73. The molecule has 2 N–H and O–H groups in total. The molecule has 1 saturated heterocycles. The van der Waals surface area contributed by atoms with Gasteiger partial charge in [-0.2, -0.15) is 0 Å². The Labute approximate surface area is 122 Å². The molecular weight excluding hydrogens is 274 g/mol. The van der Waals surface area contributed by atoms with Crippen molar-refractivity contribution in [3.8, 4) is 11.5 Å². The number of aromatic hydroxyl groups is 1. The van der Waals surface area contributed by atoms with Crippen molar-refractivity contribution in [2.45, 2.75) is 19.0 Å². The van der Waals surface area contributed by atoms with E-state index in [1.165, 1.54) is 0 Å². The van der Waals surface area contributed by atoms with E-state index in [-0.39, 0.29) is 24.4 Å². The average molecular weight is 293 g/mol. The Morgan fingerprint density at radius 2 is 2.19 bits per heavy atom. The van der Waals surface area contributed by atoms with Crippen LogP contribution in [-0.4, -0.2) is 53.5 Å². The minimum absolute atomic E-state index is 0.000787. The van der Waals surface area contributed by atoms with E-state index in [9.17, 15) is 15.0 Å². The van der Waals surface area contributed by atoms with Gasteiger partial charge in [0.25, 0.3) is 0 Å². The Hall–Kier alpha value is -1.79. The van der Waals surface area contributed by atoms with Crippen molar-refractivity contribution in [1.82, 2.24) is 4.90 Å². The molecule has 114 valence electrons. The smallest absolute Gasteiger partial charge is 0.310 e. The first-order valence-electron chi connectivity index (χ1n) is 7.13. The van der Waals surface area contributed by atoms with Crippen LogP contribution in [0.2, 0.25) is 0 Å². The number of likely N-dealkylation sites (N-methyl/N-ethyl adjacent to an activating group) is 1. The van der Waals surface area contributed by atoms with Crippen LogP contribution in [0.15, 0.2) is 18.2 Å². The molecule has 6 nitrogen and oxygen atoms in total. The predicted octanol–water partition coefficient (Wildman–Crippen LogP) is 1.25. The fraction of sp³-hybridized carbons (Fsp3) is 0.533. The van der Waals surface area contributed by atoms with Crippen molar-refractivity contribution in [1.29, 1.82) is 0 Å². The highest BCUT2D eigenvalue weighted by Gasteiger charge is 2.42. The Morgan fingerprint density at radius 1 is 1.38 bits per heavy atom. The number of fused-ring (bicyclic) bond motifs is 1. The topological polar surface area (TPSA) is 79.2 Å². The Bertz CT molecular complexity index is 547. The number of carboxylic acids is 1. The van der Waals surface area contributed by atoms with Crippen LogP contribution in [0.4, 0.5) is 0 Å². The standard InChI is InChI=1S/C15H19NO5/c1-2-16(12-7-20-6-11(12)15(18)19)13-8-21-14-5-9(17)3-4-10(13)14/h3-5,11-13,17H,2,6-8H2,1H3,(H,18,19). The summed E-state index contributed by atoms with van der Waals surface area (Å²) in [4.78, 5) is 13.5. The number of nitrogens with zero attached hydrogens (tertiary/aromatic N) is 1. The van der Waals surface area contributed by atoms with E-state index in [2.05, 4.69) is 4.90 Å². The highest BCUT2D eigenvalue weighted by atomic mass is 16.5. The highest BCUT2D eigenvalue weighted by Crippen LogP contribution is 2.40. The van der Waals surface area contributed by atoms with E-state index in [4.69, 9.17) is 9.47 Å². The lowest BCUT2D eigenvalue weighted by Gasteiger charge is -2.33. The maximum atomic E-state index is 11.4. The predicted molar refractivity (Wildman–Crippen MR) is 74.5 cm³/mol. The number of benzene rings is 1. The van der Waals surface area contributed by atoms with Crippen molar-refractivity contribution >= 4 is 5.97 Å². The van der Waals surface area contributed by atoms with Crippen LogP contribution in [-0.2, 0) is 9.53 Å². The summed E-state index contributed by atoms with van der Waals surface area (Å²) in [6.07, 6.45) is 0. The number of carboxylic acid groups (broad SMARTS) is 1. The van der Waals surface area contributed by atoms with Crippen LogP contribution in [0.5, 0.6) is 11.5 Å². The highest BCUT2D eigenvalue weighted by molar-refractivity contribution is 5.71. The number of carbonyl (C=O) groups is 1. The lowest BCUT2D eigenvalue weighted by molar-refractivity contribution is -0.143. The van der Waals surface area contributed by atoms with Gasteiger partial charge in [-0.3, -0.25) is 9.69 Å². The van der Waals surface area contributed by atoms with Gasteiger partial charge in [-0.1, -0.05) is 6.92 Å². The van der Waals surface area contributed by atoms with Crippen molar-refractivity contribution in [2.24, 2.45) is 5.92 Å². The molecule has 21 heavy (non-hydrogen) atoms. The van der Waals surface area contributed by atoms with Gasteiger partial charge >= 0.3 is 5.97 Å². The molecule has 1 aromatic carbocycles. The quantitative estimate of drug-likeness (QED) is 0.869. The summed E-state index contributed by atoms with van der Waals surface area (Å²) in [7, 11) is 0. The second kappa shape index (κ2) is 5.54. The zero-order valence-corrected chi connectivity index (χ0v) is 11.9. The molecule has 1 aromatic rings. The molecule has 3 rings (SSSR count). The average Bonchev–Trinajstić information content (AvgIpc) is 3.07. The van der Waals surface area contributed by atoms with Gasteiger partial charge in [0.15, 0.2) is 0 Å². The van der Waals surface area contributed by atoms with Crippen molar-refractivity contribution in [3.05, 3.63) is 23.8 Å². The number of phenolic OH excluding ortho intramolecular Hbond substituents is 1. The van der Waals surface area contributed by atoms with Gasteiger partial charge in [-0.15, -0.1) is 0 Å². The van der Waals surface area contributed by atoms with Gasteiger partial charge in [0.05, 0.1) is 25.2 Å². The SMILES string of the molecule is CCN(C1COc2cc(O)ccc21)C1COCC1C(=O)O. The number of hydrogen-bond donors (Lipinski definition) is 2. The maximum absolute atomic E-state index is 11.4. The monoisotopic (exact) mass is 293 g/mol. The molecule has 3 atom stereocenters. The first-order valence-corrected chi connectivity index (χ1v) is 7.13. The minimum atomic E-state index is -0.819. The number of ether oxygens (including phenoxy) is 2. The minimum Gasteiger partial charge on any atom is -0.508 e. The molecule has 0 aromatic heterocycles. The summed E-state index contributed by atoms with van der Waals surface area (Å²) in [6, 6.07) is 4.92. The fourth-order valence-electron chi connectivity index (χ4n) is 3.25. The first-order chi connectivity index (χ1) is 10.1. The maximum Gasteiger partial charge on any atom is 0.310 e. The zero-order valence-electron chi connectivity index (χ0n) is 11.9. The van der Waals surface area contributed by atoms with Crippen LogP contribution in [0.1, 0.15) is 18.5 Å². The van der Waals surface area contributed by atoms with E-state index < -0.39 is 11.9 Å². The third-order valence-corrected chi connectivity index (χ3v) is 4.31. The number of hydrogen-bond acceptors (Lipinski definition) is 5. The zero-order chi connectivity index (χ0) is 15.0. The molecule has 2 aliphatic rings. The van der Waals surface area contributed by atoms with Crippen LogP contribution in [0.25, 0.3) is 0 Å². The molecule has 0 radical (unpaired) electrons. The normalized spacial score (nSPS) is 27.6. The Morgan fingerprint density at radius 3 is 2.90 bits per heavy atom. The summed E-state index contributed by atoms with van der Waals surface area (Å²) < 4.78 is 11.0. The van der Waals surface area contributed by atoms with E-state index in [0.29, 0.717) is 25.5 Å². The molecule has 6 heteroatoms. The molecule has 3 unspecified atom stereocenters. The van der Waals surface area contributed by atoms with E-state index in [1.807, 2.05) is 13.0 Å². The summed E-state index contributed by atoms with van der Waals surface area (Å²) in [5.74, 6) is -0.485. The molecular formula is C15H19NO5. The summed E-state index contributed by atoms with van der Waals surface area (Å²) >= 11 is 0. The van der Waals surface area contributed by atoms with Gasteiger partial charge in [-0.05, 0) is 18.7 Å². The van der Waals surface area contributed by atoms with E-state index >= 15 is 0 Å². The number of aliphatic carboxylic acids is 1. The fourth-order valence-corrected chi connectivity index (χ4v) is 3.25. The van der Waals surface area contributed by atoms with Gasteiger partial charge in [0, 0.05) is 17.7 Å². The van der Waals surface area contributed by atoms with Gasteiger partial charge in [0.1, 0.15) is 18.1 Å². The second-order valence-electron chi connectivity index (χ2n) is 5.43.